The lowest BCUT2D eigenvalue weighted by atomic mass is 9.24. The molecule has 2 heterocycles. The average Bonchev–Trinajstić information content (AvgIpc) is 2.31. The lowest BCUT2D eigenvalue weighted by Crippen LogP contribution is -2.60. The number of aromatic nitrogens is 2. The fraction of sp³-hybridized carbons (Fsp3) is 0.167. The van der Waals surface area contributed by atoms with Crippen LogP contribution >= 0.6 is 0 Å². The summed E-state index contributed by atoms with van der Waals surface area (Å²) in [7, 11) is 0. The highest BCUT2D eigenvalue weighted by Crippen LogP contribution is 1.98. The van der Waals surface area contributed by atoms with E-state index in [1.807, 2.05) is 30.6 Å². The average molecular weight is 198 g/mol. The maximum Gasteiger partial charge on any atom is 0.164 e. The Morgan fingerprint density at radius 3 is 2.47 bits per heavy atom. The minimum absolute atomic E-state index is 0.774. The summed E-state index contributed by atoms with van der Waals surface area (Å²) >= 11 is 0. The number of rotatable bonds is 2. The molecule has 0 bridgehead atoms. The molecule has 1 N–H and O–H groups in total. The zero-order valence-corrected chi connectivity index (χ0v) is 9.14. The zero-order chi connectivity index (χ0) is 10.7. The van der Waals surface area contributed by atoms with Gasteiger partial charge in [0.1, 0.15) is 6.15 Å². The Hall–Kier alpha value is -1.64. The molecule has 0 unspecified atom stereocenters. The number of hydrogen-bond donors (Lipinski definition) is 0. The number of pyridine rings is 2. The van der Waals surface area contributed by atoms with E-state index < -0.39 is 6.15 Å². The lowest BCUT2D eigenvalue weighted by Gasteiger charge is -2.25. The van der Waals surface area contributed by atoms with Crippen LogP contribution in [-0.4, -0.2) is 11.1 Å². The standard InChI is InChI=1S/C12H14BN2/c1-13(2,11-7-3-5-9-14-11)12-8-4-6-10-15-12/h3-10H,1-2H3/q-1/p+1. The highest BCUT2D eigenvalue weighted by molar-refractivity contribution is 6.98. The van der Waals surface area contributed by atoms with Gasteiger partial charge >= 0.3 is 0 Å². The number of aromatic amines is 1. The van der Waals surface area contributed by atoms with Gasteiger partial charge in [0, 0.05) is 17.9 Å². The van der Waals surface area contributed by atoms with Crippen LogP contribution in [0.25, 0.3) is 0 Å². The molecule has 0 aromatic carbocycles. The monoisotopic (exact) mass is 198 g/mol. The van der Waals surface area contributed by atoms with Gasteiger partial charge in [-0.3, -0.25) is 4.98 Å². The van der Waals surface area contributed by atoms with Crippen LogP contribution in [0.5, 0.6) is 0 Å². The molecule has 0 aliphatic carbocycles. The molecule has 0 saturated heterocycles. The Morgan fingerprint density at radius 1 is 1.07 bits per heavy atom. The van der Waals surface area contributed by atoms with Crippen LogP contribution in [0.3, 0.4) is 0 Å². The Morgan fingerprint density at radius 2 is 1.87 bits per heavy atom. The summed E-state index contributed by atoms with van der Waals surface area (Å²) < 4.78 is 0. The predicted molar refractivity (Wildman–Crippen MR) is 64.0 cm³/mol. The van der Waals surface area contributed by atoms with E-state index in [0.717, 1.165) is 5.59 Å². The summed E-state index contributed by atoms with van der Waals surface area (Å²) in [6, 6.07) is 12.2. The van der Waals surface area contributed by atoms with Gasteiger partial charge in [0.05, 0.1) is 0 Å². The smallest absolute Gasteiger partial charge is 0.164 e. The minimum atomic E-state index is -0.774. The van der Waals surface area contributed by atoms with Crippen molar-refractivity contribution in [3.05, 3.63) is 48.8 Å². The van der Waals surface area contributed by atoms with Crippen molar-refractivity contribution in [2.45, 2.75) is 13.6 Å². The topological polar surface area (TPSA) is 27.0 Å². The van der Waals surface area contributed by atoms with Crippen molar-refractivity contribution in [2.75, 3.05) is 0 Å². The molecule has 0 amide bonds. The largest absolute Gasteiger partial charge is 0.303 e. The molecular weight excluding hydrogens is 183 g/mol. The quantitative estimate of drug-likeness (QED) is 0.653. The van der Waals surface area contributed by atoms with Gasteiger partial charge in [0.2, 0.25) is 0 Å². The van der Waals surface area contributed by atoms with Crippen molar-refractivity contribution in [1.29, 1.82) is 0 Å². The van der Waals surface area contributed by atoms with Crippen LogP contribution < -0.4 is 16.2 Å². The van der Waals surface area contributed by atoms with Crippen LogP contribution in [0.2, 0.25) is 13.6 Å². The van der Waals surface area contributed by atoms with Crippen LogP contribution in [0.4, 0.5) is 0 Å². The molecule has 0 aliphatic rings. The molecule has 2 nitrogen and oxygen atoms in total. The number of H-pyrrole nitrogens is 1. The van der Waals surface area contributed by atoms with Gasteiger partial charge in [0.15, 0.2) is 6.20 Å². The lowest BCUT2D eigenvalue weighted by molar-refractivity contribution is -0.356. The molecule has 2 aromatic rings. The maximum absolute atomic E-state index is 4.43. The fourth-order valence-electron chi connectivity index (χ4n) is 1.82. The molecule has 0 aliphatic heterocycles. The Balaban J connectivity index is 2.44. The summed E-state index contributed by atoms with van der Waals surface area (Å²) in [4.78, 5) is 7.73. The van der Waals surface area contributed by atoms with Gasteiger partial charge in [-0.15, -0.1) is 5.59 Å². The normalized spacial score (nSPS) is 11.3. The van der Waals surface area contributed by atoms with Gasteiger partial charge in [-0.25, -0.2) is 0 Å². The highest BCUT2D eigenvalue weighted by Gasteiger charge is 2.23. The van der Waals surface area contributed by atoms with E-state index in [4.69, 9.17) is 0 Å². The van der Waals surface area contributed by atoms with Crippen LogP contribution in [0, 0.1) is 0 Å². The third-order valence-corrected chi connectivity index (χ3v) is 2.94. The third-order valence-electron chi connectivity index (χ3n) is 2.94. The van der Waals surface area contributed by atoms with E-state index in [1.54, 1.807) is 0 Å². The van der Waals surface area contributed by atoms with Crippen LogP contribution in [-0.2, 0) is 0 Å². The first-order chi connectivity index (χ1) is 7.21. The Bertz CT molecular complexity index is 384. The van der Waals surface area contributed by atoms with Crippen molar-refractivity contribution < 1.29 is 4.98 Å². The molecule has 15 heavy (non-hydrogen) atoms. The molecule has 76 valence electrons. The van der Waals surface area contributed by atoms with Gasteiger partial charge in [-0.1, -0.05) is 18.2 Å². The van der Waals surface area contributed by atoms with E-state index in [9.17, 15) is 0 Å². The molecule has 0 radical (unpaired) electrons. The second kappa shape index (κ2) is 3.85. The summed E-state index contributed by atoms with van der Waals surface area (Å²) in [6.45, 7) is 4.46. The van der Waals surface area contributed by atoms with Crippen molar-refractivity contribution in [3.8, 4) is 0 Å². The summed E-state index contributed by atoms with van der Waals surface area (Å²) in [5.41, 5.74) is 2.37. The SMILES string of the molecule is C[B-](C)(c1ccccn1)c1cccc[nH+]1. The van der Waals surface area contributed by atoms with Crippen LogP contribution in [0.15, 0.2) is 48.8 Å². The maximum atomic E-state index is 4.43. The summed E-state index contributed by atoms with van der Waals surface area (Å²) in [6.07, 6.45) is 3.03. The summed E-state index contributed by atoms with van der Waals surface area (Å²) in [5.74, 6) is 0. The zero-order valence-electron chi connectivity index (χ0n) is 9.14. The first-order valence-electron chi connectivity index (χ1n) is 5.33. The van der Waals surface area contributed by atoms with Crippen molar-refractivity contribution >= 4 is 17.3 Å². The molecule has 2 rings (SSSR count). The first-order valence-corrected chi connectivity index (χ1v) is 5.33. The minimum Gasteiger partial charge on any atom is -0.303 e. The first kappa shape index (κ1) is 9.90. The van der Waals surface area contributed by atoms with Gasteiger partial charge in [0.25, 0.3) is 0 Å². The van der Waals surface area contributed by atoms with Gasteiger partial charge in [-0.05, 0) is 12.1 Å². The molecule has 2 aromatic heterocycles. The van der Waals surface area contributed by atoms with E-state index in [1.165, 1.54) is 5.59 Å². The Kier molecular flexibility index (Phi) is 2.54. The highest BCUT2D eigenvalue weighted by atomic mass is 14.7. The van der Waals surface area contributed by atoms with E-state index >= 15 is 0 Å². The fourth-order valence-corrected chi connectivity index (χ4v) is 1.82. The number of nitrogens with one attached hydrogen (secondary N) is 1. The van der Waals surface area contributed by atoms with Gasteiger partial charge in [-0.2, -0.15) is 13.6 Å². The van der Waals surface area contributed by atoms with E-state index in [2.05, 4.69) is 41.8 Å². The molecular formula is C12H15BN2. The van der Waals surface area contributed by atoms with Gasteiger partial charge < -0.3 is 4.98 Å². The van der Waals surface area contributed by atoms with Crippen LogP contribution in [0.1, 0.15) is 0 Å². The predicted octanol–water partition coefficient (Wildman–Crippen LogP) is 0.718. The third kappa shape index (κ3) is 1.91. The van der Waals surface area contributed by atoms with E-state index in [-0.39, 0.29) is 0 Å². The second-order valence-corrected chi connectivity index (χ2v) is 4.45. The molecule has 3 heteroatoms. The van der Waals surface area contributed by atoms with Crippen molar-refractivity contribution in [1.82, 2.24) is 4.98 Å². The molecule has 0 spiro atoms. The number of nitrogens with zero attached hydrogens (tertiary/aromatic N) is 1. The van der Waals surface area contributed by atoms with Crippen molar-refractivity contribution in [2.24, 2.45) is 0 Å². The Labute approximate surface area is 90.3 Å². The summed E-state index contributed by atoms with van der Waals surface area (Å²) in [5, 5.41) is 0. The van der Waals surface area contributed by atoms with Crippen molar-refractivity contribution in [3.63, 3.8) is 0 Å². The molecule has 0 fully saturated rings. The molecule has 0 atom stereocenters. The second-order valence-electron chi connectivity index (χ2n) is 4.45. The van der Waals surface area contributed by atoms with E-state index in [0.29, 0.717) is 0 Å². The molecule has 0 saturated carbocycles. The number of hydrogen-bond acceptors (Lipinski definition) is 1.